The van der Waals surface area contributed by atoms with Crippen molar-refractivity contribution in [1.29, 1.82) is 0 Å². The van der Waals surface area contributed by atoms with E-state index in [2.05, 4.69) is 5.32 Å². The number of aliphatic hydroxyl groups excluding tert-OH is 1. The first-order chi connectivity index (χ1) is 9.61. The van der Waals surface area contributed by atoms with Crippen molar-refractivity contribution in [2.75, 3.05) is 5.32 Å². The average molecular weight is 306 g/mol. The van der Waals surface area contributed by atoms with E-state index in [0.717, 1.165) is 24.3 Å². The Hall–Kier alpha value is -2.29. The molecule has 116 valence electrons. The normalized spacial score (nSPS) is 14.1. The standard InChI is InChI=1S/C12H13F3N2O4/c1-6(18)9(10(19)20)17-11(21)16-8-4-2-7(3-5-8)12(13,14)15/h2-6,9,18H,1H3,(H,19,20)(H2,16,17,21)/t6-,9+/m1/s1. The molecule has 0 aliphatic rings. The lowest BCUT2D eigenvalue weighted by molar-refractivity contribution is -0.141. The molecular weight excluding hydrogens is 293 g/mol. The summed E-state index contributed by atoms with van der Waals surface area (Å²) < 4.78 is 37.0. The molecule has 0 aromatic heterocycles. The van der Waals surface area contributed by atoms with Crippen LogP contribution in [0.4, 0.5) is 23.7 Å². The van der Waals surface area contributed by atoms with Crippen LogP contribution < -0.4 is 10.6 Å². The van der Waals surface area contributed by atoms with Crippen molar-refractivity contribution in [3.63, 3.8) is 0 Å². The molecule has 0 heterocycles. The quantitative estimate of drug-likeness (QED) is 0.680. The molecule has 2 atom stereocenters. The topological polar surface area (TPSA) is 98.7 Å². The molecule has 0 saturated carbocycles. The zero-order valence-corrected chi connectivity index (χ0v) is 10.8. The number of carbonyl (C=O) groups excluding carboxylic acids is 1. The molecule has 9 heteroatoms. The largest absolute Gasteiger partial charge is 0.480 e. The van der Waals surface area contributed by atoms with Gasteiger partial charge in [-0.3, -0.25) is 0 Å². The van der Waals surface area contributed by atoms with Crippen molar-refractivity contribution >= 4 is 17.7 Å². The van der Waals surface area contributed by atoms with Crippen LogP contribution in [-0.4, -0.2) is 34.4 Å². The Labute approximate surface area is 117 Å². The maximum Gasteiger partial charge on any atom is 0.416 e. The van der Waals surface area contributed by atoms with Crippen LogP contribution in [0.25, 0.3) is 0 Å². The summed E-state index contributed by atoms with van der Waals surface area (Å²) in [6.45, 7) is 1.18. The predicted molar refractivity (Wildman–Crippen MR) is 66.7 cm³/mol. The maximum atomic E-state index is 12.3. The van der Waals surface area contributed by atoms with Crippen molar-refractivity contribution in [3.8, 4) is 0 Å². The molecule has 1 aromatic carbocycles. The van der Waals surface area contributed by atoms with Gasteiger partial charge in [0.1, 0.15) is 0 Å². The molecule has 1 rings (SSSR count). The molecule has 1 aromatic rings. The highest BCUT2D eigenvalue weighted by Crippen LogP contribution is 2.29. The zero-order valence-electron chi connectivity index (χ0n) is 10.8. The van der Waals surface area contributed by atoms with Crippen LogP contribution in [0.15, 0.2) is 24.3 Å². The van der Waals surface area contributed by atoms with Crippen molar-refractivity contribution in [2.24, 2.45) is 0 Å². The number of benzene rings is 1. The van der Waals surface area contributed by atoms with Crippen LogP contribution in [0, 0.1) is 0 Å². The molecule has 4 N–H and O–H groups in total. The molecule has 0 radical (unpaired) electrons. The fourth-order valence-corrected chi connectivity index (χ4v) is 1.44. The Kier molecular flexibility index (Phi) is 5.14. The van der Waals surface area contributed by atoms with Crippen LogP contribution in [0.2, 0.25) is 0 Å². The van der Waals surface area contributed by atoms with Gasteiger partial charge in [0.05, 0.1) is 11.7 Å². The second-order valence-corrected chi connectivity index (χ2v) is 4.23. The van der Waals surface area contributed by atoms with Crippen molar-refractivity contribution in [1.82, 2.24) is 5.32 Å². The third-order valence-corrected chi connectivity index (χ3v) is 2.51. The summed E-state index contributed by atoms with van der Waals surface area (Å²) in [7, 11) is 0. The van der Waals surface area contributed by atoms with Crippen molar-refractivity contribution in [3.05, 3.63) is 29.8 Å². The summed E-state index contributed by atoms with van der Waals surface area (Å²) in [5.74, 6) is -1.44. The lowest BCUT2D eigenvalue weighted by Gasteiger charge is -2.17. The maximum absolute atomic E-state index is 12.3. The van der Waals surface area contributed by atoms with Crippen LogP contribution in [-0.2, 0) is 11.0 Å². The molecule has 21 heavy (non-hydrogen) atoms. The van der Waals surface area contributed by atoms with Gasteiger partial charge in [0.2, 0.25) is 0 Å². The van der Waals surface area contributed by atoms with E-state index >= 15 is 0 Å². The van der Waals surface area contributed by atoms with Crippen LogP contribution in [0.1, 0.15) is 12.5 Å². The van der Waals surface area contributed by atoms with E-state index in [-0.39, 0.29) is 5.69 Å². The van der Waals surface area contributed by atoms with Gasteiger partial charge in [-0.2, -0.15) is 13.2 Å². The van der Waals surface area contributed by atoms with E-state index in [4.69, 9.17) is 5.11 Å². The molecule has 0 unspecified atom stereocenters. The van der Waals surface area contributed by atoms with E-state index in [0.29, 0.717) is 0 Å². The molecule has 0 aliphatic carbocycles. The lowest BCUT2D eigenvalue weighted by atomic mass is 10.2. The van der Waals surface area contributed by atoms with Crippen LogP contribution >= 0.6 is 0 Å². The van der Waals surface area contributed by atoms with Gasteiger partial charge in [0, 0.05) is 5.69 Å². The monoisotopic (exact) mass is 306 g/mol. The van der Waals surface area contributed by atoms with Crippen molar-refractivity contribution < 1.29 is 33.0 Å². The Morgan fingerprint density at radius 2 is 1.71 bits per heavy atom. The minimum Gasteiger partial charge on any atom is -0.480 e. The number of urea groups is 1. The molecule has 0 aliphatic heterocycles. The highest BCUT2D eigenvalue weighted by atomic mass is 19.4. The summed E-state index contributed by atoms with van der Waals surface area (Å²) >= 11 is 0. The Morgan fingerprint density at radius 1 is 1.19 bits per heavy atom. The van der Waals surface area contributed by atoms with E-state index in [1.54, 1.807) is 0 Å². The summed E-state index contributed by atoms with van der Waals surface area (Å²) in [6.07, 6.45) is -5.82. The summed E-state index contributed by atoms with van der Waals surface area (Å²) in [5, 5.41) is 22.1. The van der Waals surface area contributed by atoms with E-state index in [1.165, 1.54) is 6.92 Å². The number of aliphatic carboxylic acids is 1. The average Bonchev–Trinajstić information content (AvgIpc) is 2.34. The highest BCUT2D eigenvalue weighted by molar-refractivity contribution is 5.92. The van der Waals surface area contributed by atoms with Gasteiger partial charge in [-0.1, -0.05) is 0 Å². The van der Waals surface area contributed by atoms with E-state index in [1.807, 2.05) is 5.32 Å². The van der Waals surface area contributed by atoms with E-state index in [9.17, 15) is 27.9 Å². The molecule has 6 nitrogen and oxygen atoms in total. The third-order valence-electron chi connectivity index (χ3n) is 2.51. The second kappa shape index (κ2) is 6.44. The summed E-state index contributed by atoms with van der Waals surface area (Å²) in [6, 6.07) is 1.13. The number of hydrogen-bond acceptors (Lipinski definition) is 3. The number of halogens is 3. The number of carboxylic acid groups (broad SMARTS) is 1. The van der Waals surface area contributed by atoms with Gasteiger partial charge in [-0.15, -0.1) is 0 Å². The van der Waals surface area contributed by atoms with Gasteiger partial charge in [0.15, 0.2) is 6.04 Å². The molecule has 0 saturated heterocycles. The number of carbonyl (C=O) groups is 2. The van der Waals surface area contributed by atoms with Gasteiger partial charge in [-0.05, 0) is 31.2 Å². The summed E-state index contributed by atoms with van der Waals surface area (Å²) in [5.41, 5.74) is -0.823. The molecular formula is C12H13F3N2O4. The molecule has 0 bridgehead atoms. The number of nitrogens with one attached hydrogen (secondary N) is 2. The number of hydrogen-bond donors (Lipinski definition) is 4. The first-order valence-electron chi connectivity index (χ1n) is 5.77. The van der Waals surface area contributed by atoms with Gasteiger partial charge < -0.3 is 20.8 Å². The van der Waals surface area contributed by atoms with Crippen LogP contribution in [0.5, 0.6) is 0 Å². The fraction of sp³-hybridized carbons (Fsp3) is 0.333. The summed E-state index contributed by atoms with van der Waals surface area (Å²) in [4.78, 5) is 22.3. The molecule has 0 spiro atoms. The van der Waals surface area contributed by atoms with E-state index < -0.39 is 35.9 Å². The second-order valence-electron chi connectivity index (χ2n) is 4.23. The number of amides is 2. The third kappa shape index (κ3) is 4.95. The Morgan fingerprint density at radius 3 is 2.10 bits per heavy atom. The predicted octanol–water partition coefficient (Wildman–Crippen LogP) is 1.66. The first-order valence-corrected chi connectivity index (χ1v) is 5.77. The minimum atomic E-state index is -4.48. The number of alkyl halides is 3. The number of carboxylic acids is 1. The minimum absolute atomic E-state index is 0.0511. The Bertz CT molecular complexity index is 514. The smallest absolute Gasteiger partial charge is 0.416 e. The highest BCUT2D eigenvalue weighted by Gasteiger charge is 2.30. The molecule has 2 amide bonds. The fourth-order valence-electron chi connectivity index (χ4n) is 1.44. The number of aliphatic hydroxyl groups is 1. The lowest BCUT2D eigenvalue weighted by Crippen LogP contribution is -2.49. The molecule has 0 fully saturated rings. The Balaban J connectivity index is 2.69. The first kappa shape index (κ1) is 16.8. The SMILES string of the molecule is C[C@@H](O)[C@H](NC(=O)Nc1ccc(C(F)(F)F)cc1)C(=O)O. The van der Waals surface area contributed by atoms with Crippen molar-refractivity contribution in [2.45, 2.75) is 25.2 Å². The number of rotatable bonds is 4. The number of anilines is 1. The van der Waals surface area contributed by atoms with Gasteiger partial charge in [-0.25, -0.2) is 9.59 Å². The zero-order chi connectivity index (χ0) is 16.2. The van der Waals surface area contributed by atoms with Gasteiger partial charge in [0.25, 0.3) is 0 Å². The van der Waals surface area contributed by atoms with Crippen LogP contribution in [0.3, 0.4) is 0 Å². The van der Waals surface area contributed by atoms with Gasteiger partial charge >= 0.3 is 18.2 Å².